The maximum atomic E-state index is 11.8. The minimum Gasteiger partial charge on any atom is -0.463 e. The molecule has 0 heterocycles. The summed E-state index contributed by atoms with van der Waals surface area (Å²) in [7, 11) is 0. The van der Waals surface area contributed by atoms with E-state index in [4.69, 9.17) is 14.2 Å². The van der Waals surface area contributed by atoms with Gasteiger partial charge in [-0.2, -0.15) is 0 Å². The molecular formula is C30H51N3O8. The summed E-state index contributed by atoms with van der Waals surface area (Å²) in [4.78, 5) is 32.4. The number of unbranched alkanes of at least 4 members (excludes halogenated alkanes) is 14. The van der Waals surface area contributed by atoms with Gasteiger partial charge in [0, 0.05) is 19.0 Å². The van der Waals surface area contributed by atoms with Crippen molar-refractivity contribution in [1.82, 2.24) is 0 Å². The third-order valence-electron chi connectivity index (χ3n) is 6.80. The Hall–Kier alpha value is -2.79. The Kier molecular flexibility index (Phi) is 22.1. The van der Waals surface area contributed by atoms with Crippen LogP contribution in [0.15, 0.2) is 18.2 Å². The number of hydrogen-bond acceptors (Lipinski definition) is 9. The first kappa shape index (κ1) is 36.2. The first-order valence-corrected chi connectivity index (χ1v) is 15.4. The summed E-state index contributed by atoms with van der Waals surface area (Å²) in [5.74, 6) is -0.189. The van der Waals surface area contributed by atoms with Gasteiger partial charge in [-0.3, -0.25) is 25.0 Å². The number of carbonyl (C=O) groups excluding carboxylic acids is 1. The zero-order valence-electron chi connectivity index (χ0n) is 24.9. The zero-order chi connectivity index (χ0) is 30.0. The molecular weight excluding hydrogens is 530 g/mol. The van der Waals surface area contributed by atoms with Crippen molar-refractivity contribution >= 4 is 23.0 Å². The number of carbonyl (C=O) groups is 1. The number of nitrogens with one attached hydrogen (secondary N) is 1. The molecule has 1 aromatic rings. The second-order valence-corrected chi connectivity index (χ2v) is 10.3. The van der Waals surface area contributed by atoms with E-state index in [0.29, 0.717) is 26.2 Å². The van der Waals surface area contributed by atoms with Gasteiger partial charge < -0.3 is 19.5 Å². The highest BCUT2D eigenvalue weighted by molar-refractivity contribution is 5.69. The van der Waals surface area contributed by atoms with Gasteiger partial charge in [-0.1, -0.05) is 96.8 Å². The average Bonchev–Trinajstić information content (AvgIpc) is 2.95. The molecule has 0 aliphatic rings. The summed E-state index contributed by atoms with van der Waals surface area (Å²) in [5, 5.41) is 24.8. The lowest BCUT2D eigenvalue weighted by Gasteiger charge is -2.09. The second kappa shape index (κ2) is 25.0. The molecule has 0 saturated heterocycles. The molecule has 0 aromatic heterocycles. The Morgan fingerprint density at radius 1 is 0.707 bits per heavy atom. The number of ether oxygens (including phenoxy) is 3. The van der Waals surface area contributed by atoms with Crippen LogP contribution in [0.5, 0.6) is 0 Å². The van der Waals surface area contributed by atoms with Gasteiger partial charge in [0.05, 0.1) is 42.3 Å². The summed E-state index contributed by atoms with van der Waals surface area (Å²) in [6, 6.07) is 3.43. The highest BCUT2D eigenvalue weighted by Crippen LogP contribution is 2.28. The molecule has 1 N–H and O–H groups in total. The molecule has 0 bridgehead atoms. The molecule has 0 fully saturated rings. The van der Waals surface area contributed by atoms with Gasteiger partial charge in [-0.15, -0.1) is 0 Å². The Balaban J connectivity index is 1.87. The number of benzene rings is 1. The van der Waals surface area contributed by atoms with E-state index in [1.54, 1.807) is 0 Å². The van der Waals surface area contributed by atoms with E-state index in [9.17, 15) is 25.0 Å². The molecule has 0 aliphatic heterocycles. The minimum atomic E-state index is -0.678. The van der Waals surface area contributed by atoms with E-state index in [-0.39, 0.29) is 42.8 Å². The Labute approximate surface area is 245 Å². The van der Waals surface area contributed by atoms with Crippen molar-refractivity contribution in [1.29, 1.82) is 0 Å². The van der Waals surface area contributed by atoms with Crippen LogP contribution in [0, 0.1) is 20.2 Å². The average molecular weight is 582 g/mol. The van der Waals surface area contributed by atoms with E-state index >= 15 is 0 Å². The monoisotopic (exact) mass is 581 g/mol. The van der Waals surface area contributed by atoms with Crippen LogP contribution in [0.1, 0.15) is 110 Å². The lowest BCUT2D eigenvalue weighted by atomic mass is 10.0. The van der Waals surface area contributed by atoms with Crippen LogP contribution in [0.4, 0.5) is 17.1 Å². The smallest absolute Gasteiger partial charge is 0.305 e. The van der Waals surface area contributed by atoms with Gasteiger partial charge in [0.15, 0.2) is 0 Å². The lowest BCUT2D eigenvalue weighted by Crippen LogP contribution is -2.15. The SMILES string of the molecule is CCCCCCCCCCCCCCCCCC(=O)OCCOCCOCCNc1ccc([N+](=O)[O-])cc1[N+](=O)[O-]. The van der Waals surface area contributed by atoms with Crippen molar-refractivity contribution in [2.75, 3.05) is 44.9 Å². The topological polar surface area (TPSA) is 143 Å². The van der Waals surface area contributed by atoms with E-state index in [1.807, 2.05) is 0 Å². The molecule has 0 spiro atoms. The first-order chi connectivity index (χ1) is 20.0. The molecule has 0 aliphatic carbocycles. The largest absolute Gasteiger partial charge is 0.463 e. The van der Waals surface area contributed by atoms with Crippen molar-refractivity contribution in [2.24, 2.45) is 0 Å². The van der Waals surface area contributed by atoms with Crippen LogP contribution in [-0.4, -0.2) is 55.4 Å². The molecule has 1 rings (SSSR count). The molecule has 1 aromatic carbocycles. The van der Waals surface area contributed by atoms with Gasteiger partial charge in [0.1, 0.15) is 12.3 Å². The maximum Gasteiger partial charge on any atom is 0.305 e. The first-order valence-electron chi connectivity index (χ1n) is 15.4. The van der Waals surface area contributed by atoms with Crippen LogP contribution >= 0.6 is 0 Å². The Morgan fingerprint density at radius 2 is 1.22 bits per heavy atom. The molecule has 41 heavy (non-hydrogen) atoms. The van der Waals surface area contributed by atoms with Gasteiger partial charge in [0.2, 0.25) is 0 Å². The van der Waals surface area contributed by atoms with Crippen molar-refractivity contribution in [2.45, 2.75) is 110 Å². The number of non-ortho nitro benzene ring substituents is 1. The summed E-state index contributed by atoms with van der Waals surface area (Å²) >= 11 is 0. The predicted molar refractivity (Wildman–Crippen MR) is 160 cm³/mol. The number of rotatable bonds is 28. The molecule has 234 valence electrons. The summed E-state index contributed by atoms with van der Waals surface area (Å²) in [5.41, 5.74) is -0.519. The second-order valence-electron chi connectivity index (χ2n) is 10.3. The fraction of sp³-hybridized carbons (Fsp3) is 0.767. The molecule has 0 saturated carbocycles. The Morgan fingerprint density at radius 3 is 1.76 bits per heavy atom. The fourth-order valence-corrected chi connectivity index (χ4v) is 4.44. The highest BCUT2D eigenvalue weighted by atomic mass is 16.6. The summed E-state index contributed by atoms with van der Waals surface area (Å²) in [6.07, 6.45) is 19.8. The fourth-order valence-electron chi connectivity index (χ4n) is 4.44. The van der Waals surface area contributed by atoms with E-state index < -0.39 is 9.85 Å². The molecule has 0 radical (unpaired) electrons. The standard InChI is InChI=1S/C30H51N3O8/c1-2-3-4-5-6-7-8-9-10-11-12-13-14-15-16-17-30(34)41-25-24-40-23-22-39-21-20-31-28-19-18-27(32(35)36)26-29(28)33(37)38/h18-19,26,31H,2-17,20-25H2,1H3. The quantitative estimate of drug-likeness (QED) is 0.0454. The normalized spacial score (nSPS) is 11.0. The molecule has 11 nitrogen and oxygen atoms in total. The zero-order valence-corrected chi connectivity index (χ0v) is 24.9. The van der Waals surface area contributed by atoms with Crippen LogP contribution in [0.2, 0.25) is 0 Å². The maximum absolute atomic E-state index is 11.8. The number of hydrogen-bond donors (Lipinski definition) is 1. The van der Waals surface area contributed by atoms with Crippen molar-refractivity contribution in [3.8, 4) is 0 Å². The minimum absolute atomic E-state index is 0.187. The Bertz CT molecular complexity index is 853. The number of nitro groups is 2. The molecule has 11 heteroatoms. The third kappa shape index (κ3) is 19.8. The van der Waals surface area contributed by atoms with Crippen molar-refractivity contribution in [3.05, 3.63) is 38.4 Å². The van der Waals surface area contributed by atoms with E-state index in [1.165, 1.54) is 95.6 Å². The summed E-state index contributed by atoms with van der Waals surface area (Å²) < 4.78 is 16.0. The molecule has 0 unspecified atom stereocenters. The van der Waals surface area contributed by atoms with Crippen LogP contribution < -0.4 is 5.32 Å². The van der Waals surface area contributed by atoms with Crippen LogP contribution in [-0.2, 0) is 19.0 Å². The third-order valence-corrected chi connectivity index (χ3v) is 6.80. The lowest BCUT2D eigenvalue weighted by molar-refractivity contribution is -0.393. The van der Waals surface area contributed by atoms with Crippen LogP contribution in [0.3, 0.4) is 0 Å². The van der Waals surface area contributed by atoms with E-state index in [2.05, 4.69) is 12.2 Å². The van der Waals surface area contributed by atoms with Gasteiger partial charge in [-0.25, -0.2) is 0 Å². The highest BCUT2D eigenvalue weighted by Gasteiger charge is 2.19. The number of nitrogens with zero attached hydrogens (tertiary/aromatic N) is 2. The number of anilines is 1. The molecule has 0 amide bonds. The predicted octanol–water partition coefficient (Wildman–Crippen LogP) is 7.75. The summed E-state index contributed by atoms with van der Waals surface area (Å²) in [6.45, 7) is 3.96. The van der Waals surface area contributed by atoms with Crippen molar-refractivity contribution < 1.29 is 28.9 Å². The molecule has 0 atom stereocenters. The number of esters is 1. The number of nitro benzene ring substituents is 2. The van der Waals surface area contributed by atoms with Gasteiger partial charge >= 0.3 is 5.97 Å². The van der Waals surface area contributed by atoms with Crippen LogP contribution in [0.25, 0.3) is 0 Å². The van der Waals surface area contributed by atoms with Crippen molar-refractivity contribution in [3.63, 3.8) is 0 Å². The van der Waals surface area contributed by atoms with Gasteiger partial charge in [0.25, 0.3) is 11.4 Å². The van der Waals surface area contributed by atoms with E-state index in [0.717, 1.165) is 18.9 Å². The van der Waals surface area contributed by atoms with Gasteiger partial charge in [-0.05, 0) is 12.5 Å².